The first-order valence-corrected chi connectivity index (χ1v) is 23.1. The fraction of sp³-hybridized carbons (Fsp3) is 0.638. The number of likely N-dealkylation sites (N-methyl/N-ethyl adjacent to an activating group) is 1. The summed E-state index contributed by atoms with van der Waals surface area (Å²) in [7, 11) is 1.43. The molecule has 2 aliphatic heterocycles. The molecular weight excluding hydrogens is 853 g/mol. The second kappa shape index (κ2) is 25.0. The van der Waals surface area contributed by atoms with Gasteiger partial charge in [-0.15, -0.1) is 0 Å². The third-order valence-corrected chi connectivity index (χ3v) is 12.6. The third kappa shape index (κ3) is 14.8. The molecule has 1 aromatic carbocycles. The number of benzene rings is 1. The summed E-state index contributed by atoms with van der Waals surface area (Å²) >= 11 is 0. The standard InChI is InChI=1S/C47H72N8O11/c1-11-26(6)37-47(65)66-29(9)38(53-41(59)32(20-21-36(48)57)49-40(58)28(8)13-3)44(62)51-34(23-25(4)5)42(60)50-33-15-14-22-55(45(33)63)39(27(7)12-2)46(64)54(10)35(43(61)52-37)24-30-16-18-31(56)19-17-30/h14,16-19,22,25-29,32-35,37-39,56H,11-13,15,20-21,23-24H2,1-10H3,(H2,48,57)(H,49,58)(H,50,60)(H,51,62)(H,52,61)(H,53,59)/t26?,27?,28?,29-,32+,33+,34+,35+,37+,38+,39+/m1/s1. The Kier molecular flexibility index (Phi) is 20.6. The first-order valence-electron chi connectivity index (χ1n) is 23.1. The minimum absolute atomic E-state index is 0.0218. The van der Waals surface area contributed by atoms with Crippen molar-refractivity contribution in [3.8, 4) is 5.75 Å². The fourth-order valence-electron chi connectivity index (χ4n) is 7.68. The molecule has 66 heavy (non-hydrogen) atoms. The highest BCUT2D eigenvalue weighted by Gasteiger charge is 2.44. The number of aromatic hydroxyl groups is 1. The molecule has 1 saturated heterocycles. The van der Waals surface area contributed by atoms with E-state index >= 15 is 0 Å². The van der Waals surface area contributed by atoms with E-state index in [9.17, 15) is 48.3 Å². The fourth-order valence-corrected chi connectivity index (χ4v) is 7.68. The first kappa shape index (κ1) is 54.3. The molecule has 11 atom stereocenters. The van der Waals surface area contributed by atoms with Crippen LogP contribution >= 0.6 is 0 Å². The first-order chi connectivity index (χ1) is 31.0. The monoisotopic (exact) mass is 925 g/mol. The Morgan fingerprint density at radius 1 is 0.848 bits per heavy atom. The van der Waals surface area contributed by atoms with Crippen molar-refractivity contribution in [3.05, 3.63) is 42.1 Å². The molecule has 0 radical (unpaired) electrons. The van der Waals surface area contributed by atoms with Gasteiger partial charge < -0.3 is 52.0 Å². The van der Waals surface area contributed by atoms with E-state index in [0.717, 1.165) is 0 Å². The average molecular weight is 925 g/mol. The summed E-state index contributed by atoms with van der Waals surface area (Å²) in [6, 6.07) is -3.22. The molecule has 8 N–H and O–H groups in total. The smallest absolute Gasteiger partial charge is 0.329 e. The van der Waals surface area contributed by atoms with Crippen molar-refractivity contribution in [2.45, 2.75) is 162 Å². The molecule has 19 heteroatoms. The van der Waals surface area contributed by atoms with Gasteiger partial charge in [0.15, 0.2) is 0 Å². The largest absolute Gasteiger partial charge is 0.508 e. The summed E-state index contributed by atoms with van der Waals surface area (Å²) in [5, 5.41) is 23.4. The van der Waals surface area contributed by atoms with E-state index in [2.05, 4.69) is 26.6 Å². The van der Waals surface area contributed by atoms with Gasteiger partial charge in [0.05, 0.1) is 0 Å². The molecule has 0 spiro atoms. The number of carbonyl (C=O) groups excluding carboxylic acids is 9. The summed E-state index contributed by atoms with van der Waals surface area (Å²) in [4.78, 5) is 128. The number of rotatable bonds is 16. The number of fused-ring (bicyclic) bond motifs is 2. The summed E-state index contributed by atoms with van der Waals surface area (Å²) in [6.45, 7) is 15.5. The van der Waals surface area contributed by atoms with Crippen LogP contribution in [0.2, 0.25) is 0 Å². The number of ether oxygens (including phenoxy) is 1. The zero-order valence-electron chi connectivity index (χ0n) is 40.1. The van der Waals surface area contributed by atoms with Gasteiger partial charge in [-0.25, -0.2) is 4.79 Å². The number of nitrogens with two attached hydrogens (primary N) is 1. The molecule has 1 aromatic rings. The highest BCUT2D eigenvalue weighted by molar-refractivity contribution is 5.99. The van der Waals surface area contributed by atoms with Crippen LogP contribution in [-0.4, -0.2) is 124 Å². The van der Waals surface area contributed by atoms with Gasteiger partial charge in [-0.3, -0.25) is 38.4 Å². The summed E-state index contributed by atoms with van der Waals surface area (Å²) in [5.74, 6) is -8.49. The third-order valence-electron chi connectivity index (χ3n) is 12.6. The molecule has 19 nitrogen and oxygen atoms in total. The van der Waals surface area contributed by atoms with Crippen molar-refractivity contribution in [2.75, 3.05) is 7.05 Å². The lowest BCUT2D eigenvalue weighted by atomic mass is 9.93. The number of hydrogen-bond donors (Lipinski definition) is 7. The summed E-state index contributed by atoms with van der Waals surface area (Å²) < 4.78 is 5.93. The Morgan fingerprint density at radius 2 is 1.48 bits per heavy atom. The van der Waals surface area contributed by atoms with Gasteiger partial charge in [0.25, 0.3) is 0 Å². The molecule has 1 fully saturated rings. The number of hydrogen-bond acceptors (Lipinski definition) is 11. The normalized spacial score (nSPS) is 25.5. The van der Waals surface area contributed by atoms with Gasteiger partial charge in [-0.05, 0) is 68.1 Å². The van der Waals surface area contributed by atoms with Crippen LogP contribution in [0, 0.1) is 23.7 Å². The van der Waals surface area contributed by atoms with Crippen LogP contribution in [0.4, 0.5) is 0 Å². The van der Waals surface area contributed by atoms with Crippen LogP contribution in [0.5, 0.6) is 5.75 Å². The average Bonchev–Trinajstić information content (AvgIpc) is 3.27. The van der Waals surface area contributed by atoms with Crippen molar-refractivity contribution in [3.63, 3.8) is 0 Å². The molecule has 0 aromatic heterocycles. The number of nitrogens with zero attached hydrogens (tertiary/aromatic N) is 2. The lowest BCUT2D eigenvalue weighted by molar-refractivity contribution is -0.158. The van der Waals surface area contributed by atoms with E-state index in [0.29, 0.717) is 24.8 Å². The number of primary amides is 1. The predicted molar refractivity (Wildman–Crippen MR) is 244 cm³/mol. The summed E-state index contributed by atoms with van der Waals surface area (Å²) in [5.41, 5.74) is 5.97. The van der Waals surface area contributed by atoms with Crippen LogP contribution in [0.3, 0.4) is 0 Å². The van der Waals surface area contributed by atoms with Crippen molar-refractivity contribution < 1.29 is 53.0 Å². The number of nitrogens with one attached hydrogen (secondary N) is 5. The molecule has 2 heterocycles. The van der Waals surface area contributed by atoms with Crippen molar-refractivity contribution >= 4 is 53.2 Å². The van der Waals surface area contributed by atoms with Crippen LogP contribution in [0.1, 0.15) is 113 Å². The Morgan fingerprint density at radius 3 is 2.06 bits per heavy atom. The predicted octanol–water partition coefficient (Wildman–Crippen LogP) is 1.70. The Balaban J connectivity index is 2.25. The van der Waals surface area contributed by atoms with Crippen molar-refractivity contribution in [1.29, 1.82) is 0 Å². The van der Waals surface area contributed by atoms with Gasteiger partial charge in [-0.1, -0.05) is 86.4 Å². The van der Waals surface area contributed by atoms with E-state index < -0.39 is 119 Å². The number of phenols is 1. The minimum Gasteiger partial charge on any atom is -0.508 e. The van der Waals surface area contributed by atoms with Gasteiger partial charge in [0.1, 0.15) is 54.1 Å². The van der Waals surface area contributed by atoms with E-state index in [-0.39, 0.29) is 43.8 Å². The number of phenolic OH excluding ortho intramolecular Hbond substituents is 1. The zero-order valence-corrected chi connectivity index (χ0v) is 40.1. The Labute approximate surface area is 388 Å². The van der Waals surface area contributed by atoms with Gasteiger partial charge in [-0.2, -0.15) is 0 Å². The summed E-state index contributed by atoms with van der Waals surface area (Å²) in [6.07, 6.45) is 2.43. The lowest BCUT2D eigenvalue weighted by Crippen LogP contribution is -2.62. The molecule has 366 valence electrons. The second-order valence-corrected chi connectivity index (χ2v) is 18.2. The highest BCUT2D eigenvalue weighted by Crippen LogP contribution is 2.25. The number of esters is 1. The Bertz CT molecular complexity index is 1940. The zero-order chi connectivity index (χ0) is 49.6. The maximum atomic E-state index is 14.8. The van der Waals surface area contributed by atoms with Crippen LogP contribution in [-0.2, 0) is 54.3 Å². The van der Waals surface area contributed by atoms with Gasteiger partial charge in [0.2, 0.25) is 47.3 Å². The van der Waals surface area contributed by atoms with Crippen molar-refractivity contribution in [2.24, 2.45) is 29.4 Å². The number of cyclic esters (lactones) is 1. The maximum absolute atomic E-state index is 14.8. The number of amides is 8. The lowest BCUT2D eigenvalue weighted by Gasteiger charge is -2.40. The van der Waals surface area contributed by atoms with Gasteiger partial charge >= 0.3 is 5.97 Å². The SMILES string of the molecule is CCC(C)C(=O)N[C@@H](CCC(N)=O)C(=O)N[C@@H]1C(=O)N[C@@H](CC(C)C)C(=O)N[C@H]2CC=CN(C2=O)[C@@H](C(C)CC)C(=O)N(C)[C@@H](Cc2ccc(O)cc2)C(=O)N[C@@H](C(C)CC)C(=O)O[C@@H]1C. The van der Waals surface area contributed by atoms with Crippen LogP contribution in [0.25, 0.3) is 0 Å². The van der Waals surface area contributed by atoms with Crippen molar-refractivity contribution in [1.82, 2.24) is 36.4 Å². The van der Waals surface area contributed by atoms with E-state index in [1.165, 1.54) is 42.1 Å². The van der Waals surface area contributed by atoms with E-state index in [1.54, 1.807) is 52.8 Å². The van der Waals surface area contributed by atoms with E-state index in [1.807, 2.05) is 20.8 Å². The van der Waals surface area contributed by atoms with E-state index in [4.69, 9.17) is 10.5 Å². The van der Waals surface area contributed by atoms with Gasteiger partial charge in [0, 0.05) is 32.0 Å². The molecular formula is C47H72N8O11. The molecule has 0 aliphatic carbocycles. The molecule has 2 aliphatic rings. The molecule has 3 unspecified atom stereocenters. The van der Waals surface area contributed by atoms with Crippen LogP contribution in [0.15, 0.2) is 36.5 Å². The van der Waals surface area contributed by atoms with Crippen LogP contribution < -0.4 is 32.3 Å². The second-order valence-electron chi connectivity index (χ2n) is 18.2. The molecule has 3 rings (SSSR count). The number of carbonyl (C=O) groups is 9. The topological polar surface area (TPSA) is 276 Å². The minimum atomic E-state index is -1.71. The quantitative estimate of drug-likeness (QED) is 0.117. The highest BCUT2D eigenvalue weighted by atomic mass is 16.5. The molecule has 8 amide bonds. The molecule has 2 bridgehead atoms. The molecule has 0 saturated carbocycles. The Hall–Kier alpha value is -6.01. The maximum Gasteiger partial charge on any atom is 0.329 e.